The molecule has 0 spiro atoms. The zero-order chi connectivity index (χ0) is 33.4. The van der Waals surface area contributed by atoms with Gasteiger partial charge in [0.2, 0.25) is 0 Å². The molecule has 8 bridgehead atoms. The number of ether oxygens (including phenoxy) is 4. The molecule has 0 unspecified atom stereocenters. The van der Waals surface area contributed by atoms with Crippen LogP contribution in [0.5, 0.6) is 11.5 Å². The van der Waals surface area contributed by atoms with Crippen molar-refractivity contribution in [3.8, 4) is 11.5 Å². The Labute approximate surface area is 296 Å². The van der Waals surface area contributed by atoms with Crippen LogP contribution in [0, 0.1) is 54.3 Å². The van der Waals surface area contributed by atoms with E-state index in [0.717, 1.165) is 36.5 Å². The SMILES string of the molecule is Cc1cc(OCC(=O)OC2(C)C3CC4CC(C3)CC2C4)ccc1[Te](Cl)(Cl)c1ccc(OCC(=O)OC2(C)C3CC4CC(C3)CC2C4)cc1. The van der Waals surface area contributed by atoms with Gasteiger partial charge in [0.1, 0.15) is 0 Å². The van der Waals surface area contributed by atoms with E-state index in [9.17, 15) is 9.59 Å². The summed E-state index contributed by atoms with van der Waals surface area (Å²) in [5.74, 6) is 5.75. The van der Waals surface area contributed by atoms with E-state index in [1.807, 2.05) is 49.4 Å². The fourth-order valence-electron chi connectivity index (χ4n) is 11.2. The summed E-state index contributed by atoms with van der Waals surface area (Å²) >= 11 is -3.74. The van der Waals surface area contributed by atoms with Crippen LogP contribution in [0.25, 0.3) is 0 Å². The zero-order valence-corrected chi connectivity index (χ0v) is 32.1. The molecule has 2 aromatic carbocycles. The molecule has 2 aromatic rings. The van der Waals surface area contributed by atoms with Gasteiger partial charge in [-0.15, -0.1) is 0 Å². The Hall–Kier alpha value is -1.65. The summed E-state index contributed by atoms with van der Waals surface area (Å²) in [6, 6.07) is 13.1. The van der Waals surface area contributed by atoms with Crippen LogP contribution < -0.4 is 16.7 Å². The standard InChI is InChI=1S/C39H48Cl2O6Te/c1-23-10-33(45-22-37(43)47-39(3)30-17-26-12-27(19-30)20-31(39)18-26)6-9-35(23)48(40,41)34-7-4-32(5-8-34)44-21-36(42)46-38(2)28-13-24-11-25(15-28)16-29(38)14-24/h4-10,24-31H,11-22H2,1-3H3. The molecule has 260 valence electrons. The summed E-state index contributed by atoms with van der Waals surface area (Å²) in [5.41, 5.74) is 0.187. The molecule has 6 nitrogen and oxygen atoms in total. The summed E-state index contributed by atoms with van der Waals surface area (Å²) in [6.45, 7) is 6.03. The van der Waals surface area contributed by atoms with E-state index in [1.54, 1.807) is 0 Å². The number of benzene rings is 2. The van der Waals surface area contributed by atoms with Gasteiger partial charge < -0.3 is 0 Å². The van der Waals surface area contributed by atoms with Gasteiger partial charge in [0, 0.05) is 0 Å². The van der Waals surface area contributed by atoms with Gasteiger partial charge in [0.05, 0.1) is 0 Å². The Morgan fingerprint density at radius 3 is 1.46 bits per heavy atom. The topological polar surface area (TPSA) is 71.1 Å². The van der Waals surface area contributed by atoms with E-state index in [1.165, 1.54) is 64.2 Å². The molecule has 8 aliphatic carbocycles. The second-order valence-electron chi connectivity index (χ2n) is 16.4. The van der Waals surface area contributed by atoms with Crippen LogP contribution in [0.3, 0.4) is 0 Å². The molecule has 0 aliphatic heterocycles. The van der Waals surface area contributed by atoms with Crippen molar-refractivity contribution >= 4 is 53.0 Å². The molecule has 9 heteroatoms. The first-order valence-electron chi connectivity index (χ1n) is 18.0. The minimum absolute atomic E-state index is 0.120. The Morgan fingerprint density at radius 1 is 0.646 bits per heavy atom. The van der Waals surface area contributed by atoms with Crippen LogP contribution in [-0.4, -0.2) is 52.3 Å². The molecule has 0 amide bonds. The van der Waals surface area contributed by atoms with Gasteiger partial charge in [-0.3, -0.25) is 0 Å². The van der Waals surface area contributed by atoms with E-state index in [-0.39, 0.29) is 36.4 Å². The molecule has 0 radical (unpaired) electrons. The van der Waals surface area contributed by atoms with Crippen molar-refractivity contribution in [2.75, 3.05) is 13.2 Å². The summed E-state index contributed by atoms with van der Waals surface area (Å²) in [6.07, 6.45) is 12.2. The fourth-order valence-corrected chi connectivity index (χ4v) is 19.0. The van der Waals surface area contributed by atoms with Crippen molar-refractivity contribution in [2.24, 2.45) is 47.3 Å². The normalized spacial score (nSPS) is 37.7. The number of esters is 2. The van der Waals surface area contributed by atoms with E-state index >= 15 is 0 Å². The van der Waals surface area contributed by atoms with Crippen molar-refractivity contribution in [1.82, 2.24) is 0 Å². The van der Waals surface area contributed by atoms with Crippen LogP contribution in [-0.2, 0) is 19.1 Å². The van der Waals surface area contributed by atoms with Crippen molar-refractivity contribution in [1.29, 1.82) is 0 Å². The first-order valence-corrected chi connectivity index (χ1v) is 26.2. The van der Waals surface area contributed by atoms with Crippen molar-refractivity contribution in [3.63, 3.8) is 0 Å². The number of halogens is 2. The molecule has 0 atom stereocenters. The van der Waals surface area contributed by atoms with Crippen molar-refractivity contribution in [3.05, 3.63) is 48.0 Å². The molecule has 0 heterocycles. The van der Waals surface area contributed by atoms with Crippen LogP contribution >= 0.6 is 17.9 Å². The second-order valence-corrected chi connectivity index (χ2v) is 28.9. The Bertz CT molecular complexity index is 1520. The van der Waals surface area contributed by atoms with Gasteiger partial charge in [0.15, 0.2) is 0 Å². The third-order valence-electron chi connectivity index (χ3n) is 13.4. The zero-order valence-electron chi connectivity index (χ0n) is 28.3. The van der Waals surface area contributed by atoms with Gasteiger partial charge in [-0.25, -0.2) is 0 Å². The second kappa shape index (κ2) is 12.5. The maximum atomic E-state index is 13.0. The first-order chi connectivity index (χ1) is 22.9. The molecule has 0 saturated heterocycles. The molecule has 8 fully saturated rings. The van der Waals surface area contributed by atoms with Gasteiger partial charge >= 0.3 is 285 Å². The van der Waals surface area contributed by atoms with Crippen LogP contribution in [0.2, 0.25) is 0 Å². The number of rotatable bonds is 10. The molecule has 8 saturated carbocycles. The number of hydrogen-bond donors (Lipinski definition) is 0. The van der Waals surface area contributed by atoms with E-state index in [4.69, 9.17) is 36.9 Å². The van der Waals surface area contributed by atoms with Gasteiger partial charge in [-0.1, -0.05) is 0 Å². The predicted octanol–water partition coefficient (Wildman–Crippen LogP) is 7.30. The van der Waals surface area contributed by atoms with E-state index in [0.29, 0.717) is 35.2 Å². The van der Waals surface area contributed by atoms with Crippen molar-refractivity contribution in [2.45, 2.75) is 96.2 Å². The quantitative estimate of drug-likeness (QED) is 0.186. The van der Waals surface area contributed by atoms with E-state index in [2.05, 4.69) is 13.8 Å². The van der Waals surface area contributed by atoms with Crippen LogP contribution in [0.15, 0.2) is 42.5 Å². The Balaban J connectivity index is 0.843. The summed E-state index contributed by atoms with van der Waals surface area (Å²) in [5, 5.41) is 0. The number of carbonyl (C=O) groups is 2. The molecule has 48 heavy (non-hydrogen) atoms. The Kier molecular flexibility index (Phi) is 8.75. The average molecular weight is 811 g/mol. The van der Waals surface area contributed by atoms with Crippen LogP contribution in [0.1, 0.15) is 83.6 Å². The maximum absolute atomic E-state index is 13.0. The number of hydrogen-bond acceptors (Lipinski definition) is 6. The summed E-state index contributed by atoms with van der Waals surface area (Å²) in [7, 11) is 14.3. The predicted molar refractivity (Wildman–Crippen MR) is 188 cm³/mol. The first kappa shape index (κ1) is 33.5. The monoisotopic (exact) mass is 812 g/mol. The van der Waals surface area contributed by atoms with Gasteiger partial charge in [0.25, 0.3) is 0 Å². The molecular formula is C39H48Cl2O6Te. The summed E-state index contributed by atoms with van der Waals surface area (Å²) < 4.78 is 25.8. The molecule has 10 rings (SSSR count). The fraction of sp³-hybridized carbons (Fsp3) is 0.641. The number of carbonyl (C=O) groups excluding carboxylic acids is 2. The van der Waals surface area contributed by atoms with Crippen LogP contribution in [0.4, 0.5) is 0 Å². The average Bonchev–Trinajstić information content (AvgIpc) is 3.04. The third kappa shape index (κ3) is 6.05. The molecule has 0 N–H and O–H groups in total. The van der Waals surface area contributed by atoms with Gasteiger partial charge in [-0.2, -0.15) is 0 Å². The Morgan fingerprint density at radius 2 is 1.04 bits per heavy atom. The molecule has 0 aromatic heterocycles. The third-order valence-corrected chi connectivity index (χ3v) is 23.4. The molecular weight excluding hydrogens is 763 g/mol. The van der Waals surface area contributed by atoms with Gasteiger partial charge in [-0.05, 0) is 12.8 Å². The van der Waals surface area contributed by atoms with Crippen molar-refractivity contribution < 1.29 is 28.5 Å². The summed E-state index contributed by atoms with van der Waals surface area (Å²) in [4.78, 5) is 25.9. The van der Waals surface area contributed by atoms with E-state index < -0.39 is 15.9 Å². The minimum atomic E-state index is -3.74. The number of aryl methyl sites for hydroxylation is 1. The molecule has 8 aliphatic rings.